The molecule has 0 heterocycles. The van der Waals surface area contributed by atoms with Gasteiger partial charge in [-0.05, 0) is 18.4 Å². The number of benzene rings is 1. The molecular weight excluding hydrogens is 246 g/mol. The van der Waals surface area contributed by atoms with E-state index in [-0.39, 0.29) is 30.4 Å². The molecule has 0 aliphatic heterocycles. The molecular formula is C14H19NO4. The fourth-order valence-corrected chi connectivity index (χ4v) is 1.66. The van der Waals surface area contributed by atoms with Gasteiger partial charge < -0.3 is 15.5 Å². The van der Waals surface area contributed by atoms with Gasteiger partial charge in [-0.1, -0.05) is 25.1 Å². The molecule has 0 bridgehead atoms. The second-order valence-electron chi connectivity index (χ2n) is 4.65. The summed E-state index contributed by atoms with van der Waals surface area (Å²) in [6.45, 7) is 2.34. The average Bonchev–Trinajstić information content (AvgIpc) is 2.36. The molecule has 3 N–H and O–H groups in total. The van der Waals surface area contributed by atoms with Crippen LogP contribution >= 0.6 is 0 Å². The molecule has 0 saturated carbocycles. The number of carbonyl (C=O) groups is 2. The maximum atomic E-state index is 11.7. The van der Waals surface area contributed by atoms with Gasteiger partial charge in [0.25, 0.3) is 0 Å². The Morgan fingerprint density at radius 2 is 2.00 bits per heavy atom. The molecule has 0 aromatic heterocycles. The fourth-order valence-electron chi connectivity index (χ4n) is 1.66. The van der Waals surface area contributed by atoms with Crippen LogP contribution in [0.4, 0.5) is 0 Å². The minimum atomic E-state index is -0.826. The Hall–Kier alpha value is -2.04. The van der Waals surface area contributed by atoms with Crippen molar-refractivity contribution in [3.05, 3.63) is 29.8 Å². The highest BCUT2D eigenvalue weighted by atomic mass is 16.4. The molecule has 1 rings (SSSR count). The van der Waals surface area contributed by atoms with Gasteiger partial charge in [-0.3, -0.25) is 9.59 Å². The first-order valence-corrected chi connectivity index (χ1v) is 6.24. The van der Waals surface area contributed by atoms with E-state index in [1.54, 1.807) is 18.2 Å². The summed E-state index contributed by atoms with van der Waals surface area (Å²) in [5.74, 6) is -0.781. The van der Waals surface area contributed by atoms with E-state index in [9.17, 15) is 14.7 Å². The highest BCUT2D eigenvalue weighted by Crippen LogP contribution is 2.15. The highest BCUT2D eigenvalue weighted by molar-refractivity contribution is 5.79. The van der Waals surface area contributed by atoms with Crippen LogP contribution in [-0.2, 0) is 16.0 Å². The predicted molar refractivity (Wildman–Crippen MR) is 70.9 cm³/mol. The largest absolute Gasteiger partial charge is 0.508 e. The quantitative estimate of drug-likeness (QED) is 0.698. The van der Waals surface area contributed by atoms with Gasteiger partial charge in [0.05, 0.1) is 6.42 Å². The summed E-state index contributed by atoms with van der Waals surface area (Å²) in [6.07, 6.45) is 0.765. The van der Waals surface area contributed by atoms with Crippen LogP contribution in [0.25, 0.3) is 0 Å². The lowest BCUT2D eigenvalue weighted by atomic mass is 10.1. The molecule has 0 spiro atoms. The van der Waals surface area contributed by atoms with Crippen LogP contribution in [0.3, 0.4) is 0 Å². The zero-order valence-corrected chi connectivity index (χ0v) is 10.9. The van der Waals surface area contributed by atoms with Crippen molar-refractivity contribution < 1.29 is 19.8 Å². The van der Waals surface area contributed by atoms with Crippen LogP contribution < -0.4 is 5.32 Å². The standard InChI is InChI=1S/C14H19NO4/c1-10(6-7-14(18)19)9-15-13(17)8-11-4-2-3-5-12(11)16/h2-5,10,16H,6-9H2,1H3,(H,15,17)(H,18,19). The number of hydrogen-bond acceptors (Lipinski definition) is 3. The second kappa shape index (κ2) is 7.41. The van der Waals surface area contributed by atoms with Crippen LogP contribution in [0.5, 0.6) is 5.75 Å². The molecule has 0 saturated heterocycles. The van der Waals surface area contributed by atoms with Crippen LogP contribution in [0.2, 0.25) is 0 Å². The Morgan fingerprint density at radius 1 is 1.32 bits per heavy atom. The zero-order chi connectivity index (χ0) is 14.3. The lowest BCUT2D eigenvalue weighted by Gasteiger charge is -2.11. The maximum absolute atomic E-state index is 11.7. The summed E-state index contributed by atoms with van der Waals surface area (Å²) in [6, 6.07) is 6.70. The van der Waals surface area contributed by atoms with Crippen LogP contribution in [0.1, 0.15) is 25.3 Å². The number of hydrogen-bond donors (Lipinski definition) is 3. The number of para-hydroxylation sites is 1. The first-order chi connectivity index (χ1) is 8.99. The van der Waals surface area contributed by atoms with Gasteiger partial charge >= 0.3 is 5.97 Å². The molecule has 0 aliphatic rings. The second-order valence-corrected chi connectivity index (χ2v) is 4.65. The molecule has 1 aromatic rings. The topological polar surface area (TPSA) is 86.6 Å². The summed E-state index contributed by atoms with van der Waals surface area (Å²) in [4.78, 5) is 22.1. The maximum Gasteiger partial charge on any atom is 0.303 e. The van der Waals surface area contributed by atoms with Crippen molar-refractivity contribution in [1.29, 1.82) is 0 Å². The van der Waals surface area contributed by atoms with Gasteiger partial charge in [0.1, 0.15) is 5.75 Å². The van der Waals surface area contributed by atoms with Crippen molar-refractivity contribution in [2.45, 2.75) is 26.2 Å². The Labute approximate surface area is 112 Å². The summed E-state index contributed by atoms with van der Waals surface area (Å²) in [5, 5.41) is 20.8. The molecule has 19 heavy (non-hydrogen) atoms. The molecule has 5 heteroatoms. The third-order valence-corrected chi connectivity index (χ3v) is 2.84. The molecule has 1 unspecified atom stereocenters. The average molecular weight is 265 g/mol. The highest BCUT2D eigenvalue weighted by Gasteiger charge is 2.09. The van der Waals surface area contributed by atoms with Crippen molar-refractivity contribution >= 4 is 11.9 Å². The predicted octanol–water partition coefficient (Wildman–Crippen LogP) is 1.55. The monoisotopic (exact) mass is 265 g/mol. The number of carboxylic acids is 1. The van der Waals surface area contributed by atoms with Gasteiger partial charge in [-0.2, -0.15) is 0 Å². The number of rotatable bonds is 7. The number of aromatic hydroxyl groups is 1. The van der Waals surface area contributed by atoms with E-state index in [0.29, 0.717) is 18.5 Å². The summed E-state index contributed by atoms with van der Waals surface area (Å²) in [5.41, 5.74) is 0.582. The minimum absolute atomic E-state index is 0.108. The number of carboxylic acid groups (broad SMARTS) is 1. The first-order valence-electron chi connectivity index (χ1n) is 6.24. The van der Waals surface area contributed by atoms with Crippen molar-refractivity contribution in [1.82, 2.24) is 5.32 Å². The van der Waals surface area contributed by atoms with E-state index < -0.39 is 5.97 Å². The van der Waals surface area contributed by atoms with Gasteiger partial charge in [-0.25, -0.2) is 0 Å². The normalized spacial score (nSPS) is 11.8. The summed E-state index contributed by atoms with van der Waals surface area (Å²) >= 11 is 0. The van der Waals surface area contributed by atoms with Gasteiger partial charge in [0, 0.05) is 18.5 Å². The van der Waals surface area contributed by atoms with Gasteiger partial charge in [-0.15, -0.1) is 0 Å². The fraction of sp³-hybridized carbons (Fsp3) is 0.429. The third-order valence-electron chi connectivity index (χ3n) is 2.84. The van der Waals surface area contributed by atoms with Gasteiger partial charge in [0.2, 0.25) is 5.91 Å². The number of aliphatic carboxylic acids is 1. The van der Waals surface area contributed by atoms with Crippen molar-refractivity contribution in [2.75, 3.05) is 6.54 Å². The third kappa shape index (κ3) is 5.90. The molecule has 1 atom stereocenters. The lowest BCUT2D eigenvalue weighted by molar-refractivity contribution is -0.137. The van der Waals surface area contributed by atoms with E-state index in [1.807, 2.05) is 6.92 Å². The lowest BCUT2D eigenvalue weighted by Crippen LogP contribution is -2.29. The number of carbonyl (C=O) groups excluding carboxylic acids is 1. The van der Waals surface area contributed by atoms with E-state index in [2.05, 4.69) is 5.32 Å². The van der Waals surface area contributed by atoms with Crippen molar-refractivity contribution in [3.8, 4) is 5.75 Å². The van der Waals surface area contributed by atoms with Gasteiger partial charge in [0.15, 0.2) is 0 Å². The first kappa shape index (κ1) is 15.0. The molecule has 1 amide bonds. The Morgan fingerprint density at radius 3 is 2.63 bits per heavy atom. The Kier molecular flexibility index (Phi) is 5.85. The van der Waals surface area contributed by atoms with Crippen LogP contribution in [-0.4, -0.2) is 28.6 Å². The van der Waals surface area contributed by atoms with E-state index >= 15 is 0 Å². The van der Waals surface area contributed by atoms with Crippen molar-refractivity contribution in [2.24, 2.45) is 5.92 Å². The van der Waals surface area contributed by atoms with Crippen molar-refractivity contribution in [3.63, 3.8) is 0 Å². The molecule has 1 aromatic carbocycles. The molecule has 5 nitrogen and oxygen atoms in total. The smallest absolute Gasteiger partial charge is 0.303 e. The Balaban J connectivity index is 2.32. The summed E-state index contributed by atoms with van der Waals surface area (Å²) < 4.78 is 0. The van der Waals surface area contributed by atoms with Crippen LogP contribution in [0, 0.1) is 5.92 Å². The number of amides is 1. The summed E-state index contributed by atoms with van der Waals surface area (Å²) in [7, 11) is 0. The van der Waals surface area contributed by atoms with E-state index in [4.69, 9.17) is 5.11 Å². The zero-order valence-electron chi connectivity index (χ0n) is 10.9. The minimum Gasteiger partial charge on any atom is -0.508 e. The van der Waals surface area contributed by atoms with Crippen LogP contribution in [0.15, 0.2) is 24.3 Å². The number of nitrogens with one attached hydrogen (secondary N) is 1. The SMILES string of the molecule is CC(CCC(=O)O)CNC(=O)Cc1ccccc1O. The molecule has 0 radical (unpaired) electrons. The van der Waals surface area contributed by atoms with E-state index in [1.165, 1.54) is 6.07 Å². The Bertz CT molecular complexity index is 445. The molecule has 104 valence electrons. The molecule has 0 aliphatic carbocycles. The number of phenolic OH excluding ortho intramolecular Hbond substituents is 1. The number of phenols is 1. The molecule has 0 fully saturated rings. The van der Waals surface area contributed by atoms with E-state index in [0.717, 1.165) is 0 Å².